The van der Waals surface area contributed by atoms with Crippen molar-refractivity contribution in [1.29, 1.82) is 0 Å². The van der Waals surface area contributed by atoms with Crippen LogP contribution in [0.5, 0.6) is 5.75 Å². The fraction of sp³-hybridized carbons (Fsp3) is 0.0588. The Hall–Kier alpha value is -1.98. The van der Waals surface area contributed by atoms with Crippen molar-refractivity contribution >= 4 is 33.2 Å². The SMILES string of the molecule is O=C(Cc1csc(-c2ccccc2)n1)Oc1ccc(Br)cc1. The van der Waals surface area contributed by atoms with Crippen LogP contribution in [0.4, 0.5) is 0 Å². The lowest BCUT2D eigenvalue weighted by Crippen LogP contribution is -2.11. The molecule has 1 heterocycles. The van der Waals surface area contributed by atoms with Gasteiger partial charge < -0.3 is 4.74 Å². The van der Waals surface area contributed by atoms with E-state index in [-0.39, 0.29) is 12.4 Å². The van der Waals surface area contributed by atoms with Gasteiger partial charge in [0.1, 0.15) is 10.8 Å². The summed E-state index contributed by atoms with van der Waals surface area (Å²) in [6, 6.07) is 17.1. The summed E-state index contributed by atoms with van der Waals surface area (Å²) >= 11 is 4.87. The number of hydrogen-bond donors (Lipinski definition) is 0. The van der Waals surface area contributed by atoms with Crippen LogP contribution in [0.3, 0.4) is 0 Å². The molecule has 0 unspecified atom stereocenters. The van der Waals surface area contributed by atoms with E-state index in [9.17, 15) is 4.79 Å². The van der Waals surface area contributed by atoms with Crippen molar-refractivity contribution in [3.63, 3.8) is 0 Å². The van der Waals surface area contributed by atoms with E-state index in [2.05, 4.69) is 20.9 Å². The molecule has 0 aliphatic rings. The second-order valence-corrected chi connectivity index (χ2v) is 6.39. The lowest BCUT2D eigenvalue weighted by molar-refractivity contribution is -0.133. The van der Waals surface area contributed by atoms with E-state index in [1.807, 2.05) is 47.8 Å². The Balaban J connectivity index is 1.65. The van der Waals surface area contributed by atoms with Crippen molar-refractivity contribution in [2.24, 2.45) is 0 Å². The quantitative estimate of drug-likeness (QED) is 0.490. The molecule has 0 aliphatic carbocycles. The van der Waals surface area contributed by atoms with Crippen LogP contribution in [-0.4, -0.2) is 11.0 Å². The van der Waals surface area contributed by atoms with Crippen LogP contribution in [0.15, 0.2) is 64.5 Å². The Morgan fingerprint density at radius 2 is 1.82 bits per heavy atom. The summed E-state index contributed by atoms with van der Waals surface area (Å²) in [5, 5.41) is 2.80. The van der Waals surface area contributed by atoms with Gasteiger partial charge in [0.15, 0.2) is 0 Å². The van der Waals surface area contributed by atoms with Crippen molar-refractivity contribution in [3.05, 3.63) is 70.1 Å². The summed E-state index contributed by atoms with van der Waals surface area (Å²) in [7, 11) is 0. The maximum atomic E-state index is 11.9. The molecule has 1 aromatic heterocycles. The number of carbonyl (C=O) groups is 1. The number of rotatable bonds is 4. The van der Waals surface area contributed by atoms with Gasteiger partial charge in [0.2, 0.25) is 0 Å². The molecule has 0 N–H and O–H groups in total. The third-order valence-electron chi connectivity index (χ3n) is 2.94. The smallest absolute Gasteiger partial charge is 0.317 e. The third kappa shape index (κ3) is 3.81. The molecule has 0 saturated carbocycles. The van der Waals surface area contributed by atoms with Gasteiger partial charge in [-0.05, 0) is 24.3 Å². The fourth-order valence-electron chi connectivity index (χ4n) is 1.92. The van der Waals surface area contributed by atoms with Gasteiger partial charge in [-0.15, -0.1) is 11.3 Å². The van der Waals surface area contributed by atoms with Gasteiger partial charge in [-0.2, -0.15) is 0 Å². The van der Waals surface area contributed by atoms with Crippen LogP contribution in [-0.2, 0) is 11.2 Å². The lowest BCUT2D eigenvalue weighted by Gasteiger charge is -2.02. The van der Waals surface area contributed by atoms with Gasteiger partial charge in [0.25, 0.3) is 0 Å². The zero-order chi connectivity index (χ0) is 15.4. The predicted molar refractivity (Wildman–Crippen MR) is 91.0 cm³/mol. The number of ether oxygens (including phenoxy) is 1. The molecule has 5 heteroatoms. The largest absolute Gasteiger partial charge is 0.426 e. The van der Waals surface area contributed by atoms with Crippen molar-refractivity contribution in [2.45, 2.75) is 6.42 Å². The zero-order valence-electron chi connectivity index (χ0n) is 11.5. The first-order chi connectivity index (χ1) is 10.7. The van der Waals surface area contributed by atoms with Gasteiger partial charge in [-0.25, -0.2) is 4.98 Å². The first-order valence-electron chi connectivity index (χ1n) is 6.67. The number of esters is 1. The van der Waals surface area contributed by atoms with E-state index in [0.29, 0.717) is 5.75 Å². The molecule has 0 aliphatic heterocycles. The molecule has 3 aromatic rings. The highest BCUT2D eigenvalue weighted by Gasteiger charge is 2.10. The molecule has 3 rings (SSSR count). The van der Waals surface area contributed by atoms with E-state index < -0.39 is 0 Å². The molecule has 0 bridgehead atoms. The Morgan fingerprint density at radius 3 is 2.55 bits per heavy atom. The van der Waals surface area contributed by atoms with Crippen LogP contribution in [0.1, 0.15) is 5.69 Å². The monoisotopic (exact) mass is 373 g/mol. The second-order valence-electron chi connectivity index (χ2n) is 4.61. The average Bonchev–Trinajstić information content (AvgIpc) is 2.99. The Kier molecular flexibility index (Phi) is 4.65. The van der Waals surface area contributed by atoms with Crippen LogP contribution in [0.2, 0.25) is 0 Å². The van der Waals surface area contributed by atoms with E-state index >= 15 is 0 Å². The first kappa shape index (κ1) is 14.9. The van der Waals surface area contributed by atoms with Crippen molar-refractivity contribution in [2.75, 3.05) is 0 Å². The maximum absolute atomic E-state index is 11.9. The summed E-state index contributed by atoms with van der Waals surface area (Å²) in [6.45, 7) is 0. The highest BCUT2D eigenvalue weighted by atomic mass is 79.9. The summed E-state index contributed by atoms with van der Waals surface area (Å²) in [5.74, 6) is 0.221. The van der Waals surface area contributed by atoms with Crippen LogP contribution < -0.4 is 4.74 Å². The molecule has 0 atom stereocenters. The average molecular weight is 374 g/mol. The first-order valence-corrected chi connectivity index (χ1v) is 8.34. The molecule has 2 aromatic carbocycles. The molecule has 0 fully saturated rings. The predicted octanol–water partition coefficient (Wildman–Crippen LogP) is 4.72. The molecule has 0 radical (unpaired) electrons. The number of halogens is 1. The van der Waals surface area contributed by atoms with Gasteiger partial charge in [0.05, 0.1) is 12.1 Å². The second kappa shape index (κ2) is 6.85. The highest BCUT2D eigenvalue weighted by Crippen LogP contribution is 2.24. The maximum Gasteiger partial charge on any atom is 0.317 e. The molecule has 0 amide bonds. The molecule has 3 nitrogen and oxygen atoms in total. The van der Waals surface area contributed by atoms with Gasteiger partial charge in [-0.1, -0.05) is 46.3 Å². The minimum absolute atomic E-state index is 0.166. The normalized spacial score (nSPS) is 10.4. The minimum Gasteiger partial charge on any atom is -0.426 e. The zero-order valence-corrected chi connectivity index (χ0v) is 13.9. The Morgan fingerprint density at radius 1 is 1.09 bits per heavy atom. The standard InChI is InChI=1S/C17H12BrNO2S/c18-13-6-8-15(9-7-13)21-16(20)10-14-11-22-17(19-14)12-4-2-1-3-5-12/h1-9,11H,10H2. The number of nitrogens with zero attached hydrogens (tertiary/aromatic N) is 1. The van der Waals surface area contributed by atoms with Crippen LogP contribution in [0.25, 0.3) is 10.6 Å². The van der Waals surface area contributed by atoms with E-state index in [1.54, 1.807) is 12.1 Å². The fourth-order valence-corrected chi connectivity index (χ4v) is 3.01. The van der Waals surface area contributed by atoms with Gasteiger partial charge in [0, 0.05) is 15.4 Å². The minimum atomic E-state index is -0.313. The third-order valence-corrected chi connectivity index (χ3v) is 4.41. The topological polar surface area (TPSA) is 39.2 Å². The number of benzene rings is 2. The van der Waals surface area contributed by atoms with Gasteiger partial charge >= 0.3 is 5.97 Å². The van der Waals surface area contributed by atoms with Crippen molar-refractivity contribution in [3.8, 4) is 16.3 Å². The molecular formula is C17H12BrNO2S. The number of thiazole rings is 1. The summed E-state index contributed by atoms with van der Waals surface area (Å²) in [5.41, 5.74) is 1.78. The van der Waals surface area contributed by atoms with Gasteiger partial charge in [-0.3, -0.25) is 4.79 Å². The number of hydrogen-bond acceptors (Lipinski definition) is 4. The highest BCUT2D eigenvalue weighted by molar-refractivity contribution is 9.10. The van der Waals surface area contributed by atoms with Crippen molar-refractivity contribution in [1.82, 2.24) is 4.98 Å². The van der Waals surface area contributed by atoms with Crippen LogP contribution >= 0.6 is 27.3 Å². The molecule has 0 spiro atoms. The van der Waals surface area contributed by atoms with Crippen LogP contribution in [0, 0.1) is 0 Å². The van der Waals surface area contributed by atoms with Crippen molar-refractivity contribution < 1.29 is 9.53 Å². The van der Waals surface area contributed by atoms with E-state index in [4.69, 9.17) is 4.74 Å². The van der Waals surface area contributed by atoms with E-state index in [0.717, 1.165) is 20.7 Å². The van der Waals surface area contributed by atoms with E-state index in [1.165, 1.54) is 11.3 Å². The molecule has 110 valence electrons. The summed E-state index contributed by atoms with van der Waals surface area (Å²) in [4.78, 5) is 16.4. The Labute approximate surface area is 140 Å². The summed E-state index contributed by atoms with van der Waals surface area (Å²) < 4.78 is 6.24. The molecular weight excluding hydrogens is 362 g/mol. The lowest BCUT2D eigenvalue weighted by atomic mass is 10.2. The Bertz CT molecular complexity index is 769. The summed E-state index contributed by atoms with van der Waals surface area (Å²) in [6.07, 6.45) is 0.166. The number of carbonyl (C=O) groups excluding carboxylic acids is 1. The number of aromatic nitrogens is 1. The molecule has 22 heavy (non-hydrogen) atoms. The molecule has 0 saturated heterocycles.